The lowest BCUT2D eigenvalue weighted by atomic mass is 9.78. The van der Waals surface area contributed by atoms with Crippen LogP contribution >= 0.6 is 0 Å². The van der Waals surface area contributed by atoms with Gasteiger partial charge in [-0.05, 0) is 42.9 Å². The Morgan fingerprint density at radius 3 is 2.72 bits per heavy atom. The molecule has 0 spiro atoms. The zero-order valence-corrected chi connectivity index (χ0v) is 14.3. The normalized spacial score (nSPS) is 24.8. The first-order valence-corrected chi connectivity index (χ1v) is 8.69. The lowest BCUT2D eigenvalue weighted by Gasteiger charge is -2.27. The number of carbonyl (C=O) groups is 1. The van der Waals surface area contributed by atoms with Gasteiger partial charge < -0.3 is 5.32 Å². The monoisotopic (exact) mass is 328 g/mol. The van der Waals surface area contributed by atoms with Crippen molar-refractivity contribution in [3.63, 3.8) is 0 Å². The average Bonchev–Trinajstić information content (AvgIpc) is 3.12. The standard InChI is InChI=1S/C22H20N2O/c1-15-6-5-9-17(12-15)19-18-10-11-22(14-23,20(18)24-21(19)25)13-16-7-3-2-4-8-16/h2-9,12,20H,10-11,13H2,1H3,(H,24,25). The van der Waals surface area contributed by atoms with Crippen molar-refractivity contribution in [3.8, 4) is 6.07 Å². The predicted octanol–water partition coefficient (Wildman–Crippen LogP) is 3.79. The molecule has 0 saturated heterocycles. The number of amides is 1. The summed E-state index contributed by atoms with van der Waals surface area (Å²) in [4.78, 5) is 12.7. The first kappa shape index (κ1) is 15.7. The Kier molecular flexibility index (Phi) is 3.69. The molecule has 0 bridgehead atoms. The molecule has 1 aliphatic carbocycles. The number of aryl methyl sites for hydroxylation is 1. The SMILES string of the molecule is Cc1cccc(C2=C3CCC(C#N)(Cc4ccccc4)C3NC2=O)c1. The maximum atomic E-state index is 12.7. The van der Waals surface area contributed by atoms with Crippen LogP contribution in [0.1, 0.15) is 29.5 Å². The minimum atomic E-state index is -0.558. The highest BCUT2D eigenvalue weighted by atomic mass is 16.2. The molecule has 0 aromatic heterocycles. The first-order valence-electron chi connectivity index (χ1n) is 8.69. The number of hydrogen-bond acceptors (Lipinski definition) is 2. The van der Waals surface area contributed by atoms with Crippen LogP contribution in [0.25, 0.3) is 5.57 Å². The van der Waals surface area contributed by atoms with Gasteiger partial charge in [0.1, 0.15) is 0 Å². The summed E-state index contributed by atoms with van der Waals surface area (Å²) >= 11 is 0. The van der Waals surface area contributed by atoms with Crippen LogP contribution in [0.2, 0.25) is 0 Å². The van der Waals surface area contributed by atoms with Gasteiger partial charge in [-0.25, -0.2) is 0 Å². The van der Waals surface area contributed by atoms with Gasteiger partial charge in [-0.3, -0.25) is 4.79 Å². The summed E-state index contributed by atoms with van der Waals surface area (Å²) in [7, 11) is 0. The fraction of sp³-hybridized carbons (Fsp3) is 0.273. The molecule has 1 fully saturated rings. The molecule has 2 aliphatic rings. The van der Waals surface area contributed by atoms with E-state index in [0.29, 0.717) is 6.42 Å². The van der Waals surface area contributed by atoms with Crippen molar-refractivity contribution in [1.29, 1.82) is 5.26 Å². The van der Waals surface area contributed by atoms with E-state index in [1.165, 1.54) is 0 Å². The molecule has 2 aromatic rings. The maximum absolute atomic E-state index is 12.7. The fourth-order valence-corrected chi connectivity index (χ4v) is 4.25. The zero-order chi connectivity index (χ0) is 17.4. The van der Waals surface area contributed by atoms with Crippen LogP contribution in [-0.4, -0.2) is 11.9 Å². The molecule has 0 radical (unpaired) electrons. The molecular formula is C22H20N2O. The summed E-state index contributed by atoms with van der Waals surface area (Å²) in [5.41, 5.74) is 4.56. The van der Waals surface area contributed by atoms with E-state index in [-0.39, 0.29) is 11.9 Å². The topological polar surface area (TPSA) is 52.9 Å². The van der Waals surface area contributed by atoms with Crippen LogP contribution in [0.5, 0.6) is 0 Å². The van der Waals surface area contributed by atoms with Gasteiger partial charge in [-0.2, -0.15) is 5.26 Å². The quantitative estimate of drug-likeness (QED) is 0.932. The summed E-state index contributed by atoms with van der Waals surface area (Å²) in [5.74, 6) is -0.0435. The number of nitrogens with zero attached hydrogens (tertiary/aromatic N) is 1. The molecule has 2 aromatic carbocycles. The second-order valence-electron chi connectivity index (χ2n) is 7.11. The van der Waals surface area contributed by atoms with Gasteiger partial charge in [-0.15, -0.1) is 0 Å². The molecular weight excluding hydrogens is 308 g/mol. The largest absolute Gasteiger partial charge is 0.344 e. The molecule has 1 saturated carbocycles. The number of nitrogens with one attached hydrogen (secondary N) is 1. The molecule has 3 heteroatoms. The van der Waals surface area contributed by atoms with Crippen LogP contribution in [-0.2, 0) is 11.2 Å². The van der Waals surface area contributed by atoms with Crippen LogP contribution in [0, 0.1) is 23.7 Å². The number of fused-ring (bicyclic) bond motifs is 1. The third kappa shape index (κ3) is 2.55. The van der Waals surface area contributed by atoms with E-state index in [2.05, 4.69) is 23.5 Å². The Labute approximate surface area is 148 Å². The smallest absolute Gasteiger partial charge is 0.252 e. The molecule has 2 unspecified atom stereocenters. The highest BCUT2D eigenvalue weighted by Crippen LogP contribution is 2.49. The number of hydrogen-bond donors (Lipinski definition) is 1. The van der Waals surface area contributed by atoms with Crippen molar-refractivity contribution in [2.24, 2.45) is 5.41 Å². The Balaban J connectivity index is 1.75. The van der Waals surface area contributed by atoms with Crippen molar-refractivity contribution in [3.05, 3.63) is 76.9 Å². The van der Waals surface area contributed by atoms with E-state index < -0.39 is 5.41 Å². The lowest BCUT2D eigenvalue weighted by molar-refractivity contribution is -0.115. The van der Waals surface area contributed by atoms with Gasteiger partial charge in [0.15, 0.2) is 0 Å². The van der Waals surface area contributed by atoms with Gasteiger partial charge in [0, 0.05) is 5.57 Å². The predicted molar refractivity (Wildman–Crippen MR) is 97.5 cm³/mol. The van der Waals surface area contributed by atoms with Crippen LogP contribution in [0.15, 0.2) is 60.2 Å². The van der Waals surface area contributed by atoms with Gasteiger partial charge in [0.2, 0.25) is 0 Å². The molecule has 25 heavy (non-hydrogen) atoms. The molecule has 1 aliphatic heterocycles. The molecule has 2 atom stereocenters. The molecule has 124 valence electrons. The zero-order valence-electron chi connectivity index (χ0n) is 14.3. The summed E-state index contributed by atoms with van der Waals surface area (Å²) < 4.78 is 0. The van der Waals surface area contributed by atoms with E-state index in [4.69, 9.17) is 0 Å². The van der Waals surface area contributed by atoms with Gasteiger partial charge in [0.25, 0.3) is 5.91 Å². The molecule has 3 nitrogen and oxygen atoms in total. The van der Waals surface area contributed by atoms with Gasteiger partial charge >= 0.3 is 0 Å². The molecule has 4 rings (SSSR count). The van der Waals surface area contributed by atoms with E-state index in [0.717, 1.165) is 40.7 Å². The Hall–Kier alpha value is -2.86. The van der Waals surface area contributed by atoms with E-state index in [1.807, 2.05) is 49.4 Å². The Bertz CT molecular complexity index is 907. The van der Waals surface area contributed by atoms with Crippen molar-refractivity contribution in [1.82, 2.24) is 5.32 Å². The summed E-state index contributed by atoms with van der Waals surface area (Å²) in [6.45, 7) is 2.03. The molecule has 1 N–H and O–H groups in total. The maximum Gasteiger partial charge on any atom is 0.252 e. The second-order valence-corrected chi connectivity index (χ2v) is 7.11. The molecule has 1 heterocycles. The van der Waals surface area contributed by atoms with Gasteiger partial charge in [0.05, 0.1) is 17.5 Å². The summed E-state index contributed by atoms with van der Waals surface area (Å²) in [6.07, 6.45) is 2.25. The second kappa shape index (κ2) is 5.89. The fourth-order valence-electron chi connectivity index (χ4n) is 4.25. The number of rotatable bonds is 3. The first-order chi connectivity index (χ1) is 12.1. The number of benzene rings is 2. The van der Waals surface area contributed by atoms with Crippen LogP contribution in [0.3, 0.4) is 0 Å². The van der Waals surface area contributed by atoms with Crippen molar-refractivity contribution >= 4 is 11.5 Å². The Morgan fingerprint density at radius 1 is 1.20 bits per heavy atom. The minimum absolute atomic E-state index is 0.0435. The van der Waals surface area contributed by atoms with Crippen LogP contribution < -0.4 is 5.32 Å². The number of nitriles is 1. The summed E-state index contributed by atoms with van der Waals surface area (Å²) in [6, 6.07) is 20.5. The van der Waals surface area contributed by atoms with Crippen molar-refractivity contribution < 1.29 is 4.79 Å². The minimum Gasteiger partial charge on any atom is -0.344 e. The number of carbonyl (C=O) groups excluding carboxylic acids is 1. The van der Waals surface area contributed by atoms with Gasteiger partial charge in [-0.1, -0.05) is 60.2 Å². The molecule has 1 amide bonds. The van der Waals surface area contributed by atoms with Crippen molar-refractivity contribution in [2.45, 2.75) is 32.2 Å². The van der Waals surface area contributed by atoms with E-state index in [9.17, 15) is 10.1 Å². The van der Waals surface area contributed by atoms with Crippen molar-refractivity contribution in [2.75, 3.05) is 0 Å². The van der Waals surface area contributed by atoms with Crippen LogP contribution in [0.4, 0.5) is 0 Å². The highest BCUT2D eigenvalue weighted by molar-refractivity contribution is 6.23. The van der Waals surface area contributed by atoms with E-state index >= 15 is 0 Å². The third-order valence-electron chi connectivity index (χ3n) is 5.46. The van der Waals surface area contributed by atoms with E-state index in [1.54, 1.807) is 0 Å². The average molecular weight is 328 g/mol. The Morgan fingerprint density at radius 2 is 2.00 bits per heavy atom. The third-order valence-corrected chi connectivity index (χ3v) is 5.46. The lowest BCUT2D eigenvalue weighted by Crippen LogP contribution is -2.41. The summed E-state index contributed by atoms with van der Waals surface area (Å²) in [5, 5.41) is 13.1. The highest BCUT2D eigenvalue weighted by Gasteiger charge is 2.51.